The minimum absolute atomic E-state index is 0.0533. The average Bonchev–Trinajstić information content (AvgIpc) is 2.63. The van der Waals surface area contributed by atoms with Crippen molar-refractivity contribution in [3.8, 4) is 0 Å². The highest BCUT2D eigenvalue weighted by Gasteiger charge is 2.31. The van der Waals surface area contributed by atoms with Crippen LogP contribution in [0.25, 0.3) is 0 Å². The van der Waals surface area contributed by atoms with Crippen LogP contribution in [0, 0.1) is 5.92 Å². The lowest BCUT2D eigenvalue weighted by Gasteiger charge is -2.23. The molecule has 0 saturated heterocycles. The van der Waals surface area contributed by atoms with E-state index in [2.05, 4.69) is 0 Å². The van der Waals surface area contributed by atoms with Crippen LogP contribution >= 0.6 is 0 Å². The molecule has 2 unspecified atom stereocenters. The van der Waals surface area contributed by atoms with Crippen LogP contribution in [0.5, 0.6) is 0 Å². The Hall–Kier alpha value is -0.610. The summed E-state index contributed by atoms with van der Waals surface area (Å²) in [5, 5.41) is 0. The standard InChI is InChI=1S/C11H22N2O2/c1-13(7-4-8-15-2)11(14)9-5-3-6-10(9)12/h9-10H,3-8,12H2,1-2H3. The van der Waals surface area contributed by atoms with E-state index in [-0.39, 0.29) is 17.9 Å². The number of nitrogens with two attached hydrogens (primary N) is 1. The Kier molecular flexibility index (Phi) is 5.05. The molecule has 1 aliphatic rings. The van der Waals surface area contributed by atoms with Crippen molar-refractivity contribution in [1.29, 1.82) is 0 Å². The number of hydrogen-bond acceptors (Lipinski definition) is 3. The second kappa shape index (κ2) is 6.08. The molecule has 1 saturated carbocycles. The van der Waals surface area contributed by atoms with E-state index in [0.29, 0.717) is 6.61 Å². The predicted octanol–water partition coefficient (Wildman–Crippen LogP) is 0.609. The van der Waals surface area contributed by atoms with Crippen molar-refractivity contribution in [1.82, 2.24) is 4.90 Å². The summed E-state index contributed by atoms with van der Waals surface area (Å²) in [4.78, 5) is 13.7. The van der Waals surface area contributed by atoms with Crippen LogP contribution in [0.4, 0.5) is 0 Å². The van der Waals surface area contributed by atoms with E-state index < -0.39 is 0 Å². The molecule has 0 radical (unpaired) electrons. The second-order valence-electron chi connectivity index (χ2n) is 4.31. The summed E-state index contributed by atoms with van der Waals surface area (Å²) in [6.07, 6.45) is 3.92. The molecule has 4 heteroatoms. The number of rotatable bonds is 5. The first kappa shape index (κ1) is 12.5. The minimum Gasteiger partial charge on any atom is -0.385 e. The highest BCUT2D eigenvalue weighted by atomic mass is 16.5. The zero-order valence-corrected chi connectivity index (χ0v) is 9.74. The topological polar surface area (TPSA) is 55.6 Å². The number of hydrogen-bond donors (Lipinski definition) is 1. The molecule has 2 N–H and O–H groups in total. The van der Waals surface area contributed by atoms with Crippen LogP contribution in [0.15, 0.2) is 0 Å². The van der Waals surface area contributed by atoms with Gasteiger partial charge in [0, 0.05) is 33.4 Å². The maximum atomic E-state index is 12.0. The molecule has 0 spiro atoms. The van der Waals surface area contributed by atoms with Crippen molar-refractivity contribution in [3.63, 3.8) is 0 Å². The van der Waals surface area contributed by atoms with Gasteiger partial charge in [0.05, 0.1) is 5.92 Å². The second-order valence-corrected chi connectivity index (χ2v) is 4.31. The summed E-state index contributed by atoms with van der Waals surface area (Å²) in [5.74, 6) is 0.258. The molecule has 1 fully saturated rings. The summed E-state index contributed by atoms with van der Waals surface area (Å²) < 4.78 is 4.96. The molecule has 0 aromatic carbocycles. The molecule has 15 heavy (non-hydrogen) atoms. The van der Waals surface area contributed by atoms with E-state index in [1.807, 2.05) is 7.05 Å². The number of amides is 1. The van der Waals surface area contributed by atoms with Gasteiger partial charge in [0.1, 0.15) is 0 Å². The Labute approximate surface area is 91.8 Å². The van der Waals surface area contributed by atoms with Gasteiger partial charge in [-0.15, -0.1) is 0 Å². The van der Waals surface area contributed by atoms with Crippen LogP contribution < -0.4 is 5.73 Å². The Balaban J connectivity index is 2.31. The van der Waals surface area contributed by atoms with Crippen molar-refractivity contribution in [2.24, 2.45) is 11.7 Å². The molecular formula is C11H22N2O2. The lowest BCUT2D eigenvalue weighted by molar-refractivity contribution is -0.134. The molecule has 88 valence electrons. The zero-order valence-electron chi connectivity index (χ0n) is 9.74. The number of nitrogens with zero attached hydrogens (tertiary/aromatic N) is 1. The van der Waals surface area contributed by atoms with E-state index >= 15 is 0 Å². The molecule has 0 aromatic heterocycles. The Bertz CT molecular complexity index is 209. The van der Waals surface area contributed by atoms with Gasteiger partial charge in [-0.25, -0.2) is 0 Å². The molecule has 0 aromatic rings. The van der Waals surface area contributed by atoms with Crippen molar-refractivity contribution in [3.05, 3.63) is 0 Å². The van der Waals surface area contributed by atoms with Gasteiger partial charge < -0.3 is 15.4 Å². The Morgan fingerprint density at radius 1 is 1.53 bits per heavy atom. The fraction of sp³-hybridized carbons (Fsp3) is 0.909. The Morgan fingerprint density at radius 3 is 2.80 bits per heavy atom. The third-order valence-electron chi connectivity index (χ3n) is 3.10. The van der Waals surface area contributed by atoms with Gasteiger partial charge >= 0.3 is 0 Å². The van der Waals surface area contributed by atoms with Crippen LogP contribution in [0.2, 0.25) is 0 Å². The lowest BCUT2D eigenvalue weighted by Crippen LogP contribution is -2.40. The van der Waals surface area contributed by atoms with E-state index in [4.69, 9.17) is 10.5 Å². The summed E-state index contributed by atoms with van der Waals surface area (Å²) in [5.41, 5.74) is 5.90. The van der Waals surface area contributed by atoms with Crippen LogP contribution in [0.1, 0.15) is 25.7 Å². The summed E-state index contributed by atoms with van der Waals surface area (Å²) in [6.45, 7) is 1.46. The summed E-state index contributed by atoms with van der Waals surface area (Å²) in [6, 6.07) is 0.0716. The third kappa shape index (κ3) is 3.47. The van der Waals surface area contributed by atoms with Gasteiger partial charge in [-0.2, -0.15) is 0 Å². The first-order valence-corrected chi connectivity index (χ1v) is 5.66. The number of carbonyl (C=O) groups excluding carboxylic acids is 1. The Morgan fingerprint density at radius 2 is 2.27 bits per heavy atom. The first-order valence-electron chi connectivity index (χ1n) is 5.66. The van der Waals surface area contributed by atoms with Gasteiger partial charge in [-0.1, -0.05) is 6.42 Å². The molecule has 0 heterocycles. The molecule has 1 rings (SSSR count). The highest BCUT2D eigenvalue weighted by Crippen LogP contribution is 2.25. The van der Waals surface area contributed by atoms with Gasteiger partial charge in [0.25, 0.3) is 0 Å². The van der Waals surface area contributed by atoms with Crippen LogP contribution in [0.3, 0.4) is 0 Å². The maximum Gasteiger partial charge on any atom is 0.226 e. The monoisotopic (exact) mass is 214 g/mol. The van der Waals surface area contributed by atoms with E-state index in [0.717, 1.165) is 32.2 Å². The van der Waals surface area contributed by atoms with Gasteiger partial charge in [0.2, 0.25) is 5.91 Å². The molecule has 0 aliphatic heterocycles. The number of methoxy groups -OCH3 is 1. The third-order valence-corrected chi connectivity index (χ3v) is 3.10. The van der Waals surface area contributed by atoms with E-state index in [1.165, 1.54) is 0 Å². The minimum atomic E-state index is 0.0533. The molecule has 2 atom stereocenters. The van der Waals surface area contributed by atoms with Crippen molar-refractivity contribution in [2.45, 2.75) is 31.7 Å². The van der Waals surface area contributed by atoms with E-state index in [9.17, 15) is 4.79 Å². The molecular weight excluding hydrogens is 192 g/mol. The first-order chi connectivity index (χ1) is 7.16. The lowest BCUT2D eigenvalue weighted by atomic mass is 10.0. The van der Waals surface area contributed by atoms with Crippen LogP contribution in [-0.2, 0) is 9.53 Å². The van der Waals surface area contributed by atoms with Gasteiger partial charge in [-0.05, 0) is 19.3 Å². The molecule has 1 aliphatic carbocycles. The molecule has 0 bridgehead atoms. The fourth-order valence-electron chi connectivity index (χ4n) is 2.13. The largest absolute Gasteiger partial charge is 0.385 e. The van der Waals surface area contributed by atoms with Crippen molar-refractivity contribution in [2.75, 3.05) is 27.3 Å². The number of carbonyl (C=O) groups is 1. The molecule has 4 nitrogen and oxygen atoms in total. The van der Waals surface area contributed by atoms with Crippen molar-refractivity contribution < 1.29 is 9.53 Å². The summed E-state index contributed by atoms with van der Waals surface area (Å²) >= 11 is 0. The molecule has 1 amide bonds. The SMILES string of the molecule is COCCCN(C)C(=O)C1CCCC1N. The smallest absolute Gasteiger partial charge is 0.226 e. The zero-order chi connectivity index (χ0) is 11.3. The maximum absolute atomic E-state index is 12.0. The van der Waals surface area contributed by atoms with Gasteiger partial charge in [0.15, 0.2) is 0 Å². The van der Waals surface area contributed by atoms with Crippen molar-refractivity contribution >= 4 is 5.91 Å². The average molecular weight is 214 g/mol. The normalized spacial score (nSPS) is 25.5. The summed E-state index contributed by atoms with van der Waals surface area (Å²) in [7, 11) is 3.53. The quantitative estimate of drug-likeness (QED) is 0.682. The van der Waals surface area contributed by atoms with Gasteiger partial charge in [-0.3, -0.25) is 4.79 Å². The highest BCUT2D eigenvalue weighted by molar-refractivity contribution is 5.79. The van der Waals surface area contributed by atoms with Crippen LogP contribution in [-0.4, -0.2) is 44.2 Å². The predicted molar refractivity (Wildman–Crippen MR) is 59.4 cm³/mol. The fourth-order valence-corrected chi connectivity index (χ4v) is 2.13. The van der Waals surface area contributed by atoms with E-state index in [1.54, 1.807) is 12.0 Å². The number of ether oxygens (including phenoxy) is 1.